The Morgan fingerprint density at radius 1 is 1.22 bits per heavy atom. The molecule has 0 saturated heterocycles. The molecule has 4 heteroatoms. The fourth-order valence-corrected chi connectivity index (χ4v) is 3.26. The Balaban J connectivity index is 2.09. The predicted molar refractivity (Wildman–Crippen MR) is 73.0 cm³/mol. The number of nitrogens with zero attached hydrogens (tertiary/aromatic N) is 1. The van der Waals surface area contributed by atoms with Gasteiger partial charge in [-0.05, 0) is 64.2 Å². The fraction of sp³-hybridized carbons (Fsp3) is 0.857. The SMILES string of the molecule is CC(C)(C)N(N)/C1=C(\N)CC[C@H]2[C@@H](CO)[C@H]2CC1. The summed E-state index contributed by atoms with van der Waals surface area (Å²) in [7, 11) is 0. The van der Waals surface area contributed by atoms with Gasteiger partial charge in [0.1, 0.15) is 0 Å². The molecular formula is C14H27N3O. The van der Waals surface area contributed by atoms with E-state index in [-0.39, 0.29) is 5.54 Å². The number of allylic oxidation sites excluding steroid dienone is 2. The van der Waals surface area contributed by atoms with Crippen molar-refractivity contribution in [3.05, 3.63) is 11.4 Å². The quantitative estimate of drug-likeness (QED) is 0.515. The molecule has 0 amide bonds. The van der Waals surface area contributed by atoms with E-state index in [9.17, 15) is 5.11 Å². The topological polar surface area (TPSA) is 75.5 Å². The van der Waals surface area contributed by atoms with Crippen LogP contribution in [0.25, 0.3) is 0 Å². The van der Waals surface area contributed by atoms with Crippen LogP contribution in [0.3, 0.4) is 0 Å². The Morgan fingerprint density at radius 2 is 1.78 bits per heavy atom. The first-order chi connectivity index (χ1) is 8.36. The van der Waals surface area contributed by atoms with Crippen molar-refractivity contribution in [2.24, 2.45) is 29.3 Å². The van der Waals surface area contributed by atoms with E-state index in [0.717, 1.165) is 37.1 Å². The smallest absolute Gasteiger partial charge is 0.0484 e. The maximum atomic E-state index is 9.31. The first-order valence-electron chi connectivity index (χ1n) is 6.99. The Hall–Kier alpha value is -0.740. The van der Waals surface area contributed by atoms with Crippen LogP contribution in [0, 0.1) is 17.8 Å². The average molecular weight is 253 g/mol. The number of hydrogen-bond donors (Lipinski definition) is 3. The van der Waals surface area contributed by atoms with Crippen LogP contribution in [0.5, 0.6) is 0 Å². The zero-order valence-electron chi connectivity index (χ0n) is 11.8. The molecule has 0 aromatic rings. The minimum atomic E-state index is -0.0987. The van der Waals surface area contributed by atoms with Crippen LogP contribution in [0.1, 0.15) is 46.5 Å². The summed E-state index contributed by atoms with van der Waals surface area (Å²) < 4.78 is 0. The first kappa shape index (κ1) is 13.7. The highest BCUT2D eigenvalue weighted by molar-refractivity contribution is 5.15. The lowest BCUT2D eigenvalue weighted by Gasteiger charge is -2.36. The molecule has 18 heavy (non-hydrogen) atoms. The summed E-state index contributed by atoms with van der Waals surface area (Å²) in [5, 5.41) is 11.1. The number of fused-ring (bicyclic) bond motifs is 1. The highest BCUT2D eigenvalue weighted by Gasteiger charge is 2.49. The Kier molecular flexibility index (Phi) is 3.60. The van der Waals surface area contributed by atoms with Crippen molar-refractivity contribution >= 4 is 0 Å². The van der Waals surface area contributed by atoms with Crippen LogP contribution in [0.4, 0.5) is 0 Å². The third-order valence-electron chi connectivity index (χ3n) is 4.57. The molecule has 0 radical (unpaired) electrons. The second-order valence-corrected chi connectivity index (χ2v) is 6.76. The van der Waals surface area contributed by atoms with Gasteiger partial charge in [-0.3, -0.25) is 0 Å². The first-order valence-corrected chi connectivity index (χ1v) is 6.99. The molecule has 0 spiro atoms. The lowest BCUT2D eigenvalue weighted by molar-refractivity contribution is 0.176. The molecule has 3 atom stereocenters. The summed E-state index contributed by atoms with van der Waals surface area (Å²) in [6, 6.07) is 0. The van der Waals surface area contributed by atoms with E-state index in [1.54, 1.807) is 0 Å². The van der Waals surface area contributed by atoms with Crippen molar-refractivity contribution in [1.82, 2.24) is 5.01 Å². The number of aliphatic hydroxyl groups is 1. The van der Waals surface area contributed by atoms with Crippen molar-refractivity contribution < 1.29 is 5.11 Å². The number of hydrazine groups is 1. The van der Waals surface area contributed by atoms with E-state index in [0.29, 0.717) is 24.4 Å². The second-order valence-electron chi connectivity index (χ2n) is 6.76. The van der Waals surface area contributed by atoms with E-state index >= 15 is 0 Å². The molecule has 2 aliphatic carbocycles. The molecule has 0 aromatic carbocycles. The Labute approximate surface area is 110 Å². The highest BCUT2D eigenvalue weighted by atomic mass is 16.3. The van der Waals surface area contributed by atoms with E-state index in [2.05, 4.69) is 20.8 Å². The summed E-state index contributed by atoms with van der Waals surface area (Å²) in [6.07, 6.45) is 4.06. The number of nitrogens with two attached hydrogens (primary N) is 2. The molecule has 1 fully saturated rings. The fourth-order valence-electron chi connectivity index (χ4n) is 3.26. The van der Waals surface area contributed by atoms with Crippen molar-refractivity contribution in [3.8, 4) is 0 Å². The van der Waals surface area contributed by atoms with Gasteiger partial charge in [0.25, 0.3) is 0 Å². The van der Waals surface area contributed by atoms with Crippen LogP contribution in [-0.2, 0) is 0 Å². The molecule has 0 aromatic heterocycles. The van der Waals surface area contributed by atoms with Crippen molar-refractivity contribution in [1.29, 1.82) is 0 Å². The summed E-state index contributed by atoms with van der Waals surface area (Å²) in [5.41, 5.74) is 8.15. The zero-order chi connectivity index (χ0) is 13.5. The largest absolute Gasteiger partial charge is 0.401 e. The zero-order valence-corrected chi connectivity index (χ0v) is 11.8. The molecule has 2 aliphatic rings. The highest BCUT2D eigenvalue weighted by Crippen LogP contribution is 2.53. The minimum absolute atomic E-state index is 0.0987. The van der Waals surface area contributed by atoms with Crippen LogP contribution in [0.15, 0.2) is 11.4 Å². The maximum Gasteiger partial charge on any atom is 0.0484 e. The van der Waals surface area contributed by atoms with Crippen molar-refractivity contribution in [3.63, 3.8) is 0 Å². The summed E-state index contributed by atoms with van der Waals surface area (Å²) in [4.78, 5) is 0. The Bertz CT molecular complexity index is 345. The summed E-state index contributed by atoms with van der Waals surface area (Å²) in [6.45, 7) is 6.63. The Morgan fingerprint density at radius 3 is 2.28 bits per heavy atom. The van der Waals surface area contributed by atoms with Gasteiger partial charge in [-0.25, -0.2) is 5.84 Å². The number of rotatable bonds is 2. The molecule has 0 aliphatic heterocycles. The monoisotopic (exact) mass is 253 g/mol. The molecule has 0 heterocycles. The van der Waals surface area contributed by atoms with Crippen LogP contribution in [-0.4, -0.2) is 22.3 Å². The van der Waals surface area contributed by atoms with Crippen LogP contribution >= 0.6 is 0 Å². The lowest BCUT2D eigenvalue weighted by Crippen LogP contribution is -2.46. The van der Waals surface area contributed by atoms with Crippen LogP contribution in [0.2, 0.25) is 0 Å². The molecule has 2 rings (SSSR count). The third-order valence-corrected chi connectivity index (χ3v) is 4.57. The van der Waals surface area contributed by atoms with Gasteiger partial charge in [0.15, 0.2) is 0 Å². The van der Waals surface area contributed by atoms with Gasteiger partial charge in [-0.15, -0.1) is 0 Å². The average Bonchev–Trinajstić information content (AvgIpc) is 2.94. The van der Waals surface area contributed by atoms with E-state index in [4.69, 9.17) is 11.6 Å². The van der Waals surface area contributed by atoms with Gasteiger partial charge >= 0.3 is 0 Å². The van der Waals surface area contributed by atoms with E-state index < -0.39 is 0 Å². The van der Waals surface area contributed by atoms with Crippen molar-refractivity contribution in [2.45, 2.75) is 52.0 Å². The number of aliphatic hydroxyl groups excluding tert-OH is 1. The molecule has 5 N–H and O–H groups in total. The van der Waals surface area contributed by atoms with Gasteiger partial charge in [0, 0.05) is 23.5 Å². The predicted octanol–water partition coefficient (Wildman–Crippen LogP) is 1.56. The number of hydrogen-bond acceptors (Lipinski definition) is 4. The van der Waals surface area contributed by atoms with Gasteiger partial charge < -0.3 is 15.8 Å². The van der Waals surface area contributed by atoms with Crippen LogP contribution < -0.4 is 11.6 Å². The van der Waals surface area contributed by atoms with Gasteiger partial charge in [-0.2, -0.15) is 0 Å². The third kappa shape index (κ3) is 2.50. The van der Waals surface area contributed by atoms with E-state index in [1.165, 1.54) is 0 Å². The standard InChI is InChI=1S/C14H27N3O/c1-14(2,3)17(16)13-7-5-10-9(11(10)8-18)4-6-12(13)15/h9-11,18H,4-8,15-16H2,1-3H3/b13-12-/t9-,10+,11-/m1/s1. The summed E-state index contributed by atoms with van der Waals surface area (Å²) in [5.74, 6) is 8.10. The molecule has 4 nitrogen and oxygen atoms in total. The van der Waals surface area contributed by atoms with Gasteiger partial charge in [0.05, 0.1) is 0 Å². The second kappa shape index (κ2) is 4.74. The van der Waals surface area contributed by atoms with Gasteiger partial charge in [0.2, 0.25) is 0 Å². The normalized spacial score (nSPS) is 36.6. The molecular weight excluding hydrogens is 226 g/mol. The van der Waals surface area contributed by atoms with E-state index in [1.807, 2.05) is 5.01 Å². The molecule has 104 valence electrons. The minimum Gasteiger partial charge on any atom is -0.401 e. The summed E-state index contributed by atoms with van der Waals surface area (Å²) >= 11 is 0. The maximum absolute atomic E-state index is 9.31. The molecule has 0 unspecified atom stereocenters. The van der Waals surface area contributed by atoms with Crippen molar-refractivity contribution in [2.75, 3.05) is 6.61 Å². The molecule has 0 bridgehead atoms. The van der Waals surface area contributed by atoms with Gasteiger partial charge in [-0.1, -0.05) is 0 Å². The molecule has 1 saturated carbocycles. The lowest BCUT2D eigenvalue weighted by atomic mass is 9.99.